The van der Waals surface area contributed by atoms with E-state index in [4.69, 9.17) is 0 Å². The maximum absolute atomic E-state index is 12.3. The molecule has 5 nitrogen and oxygen atoms in total. The molecular formula is C16H19N3O2S. The minimum absolute atomic E-state index is 0.0775. The quantitative estimate of drug-likeness (QED) is 0.797. The van der Waals surface area contributed by atoms with E-state index in [0.717, 1.165) is 22.8 Å². The van der Waals surface area contributed by atoms with Crippen LogP contribution in [0.15, 0.2) is 29.6 Å². The summed E-state index contributed by atoms with van der Waals surface area (Å²) >= 11 is 1.57. The van der Waals surface area contributed by atoms with Crippen molar-refractivity contribution in [1.29, 1.82) is 0 Å². The van der Waals surface area contributed by atoms with E-state index in [9.17, 15) is 9.90 Å². The Morgan fingerprint density at radius 1 is 1.50 bits per heavy atom. The molecular weight excluding hydrogens is 298 g/mol. The molecule has 0 aliphatic carbocycles. The molecule has 1 aromatic carbocycles. The predicted molar refractivity (Wildman–Crippen MR) is 87.0 cm³/mol. The Balaban J connectivity index is 1.67. The van der Waals surface area contributed by atoms with E-state index in [1.807, 2.05) is 30.5 Å². The van der Waals surface area contributed by atoms with Crippen molar-refractivity contribution in [2.24, 2.45) is 5.92 Å². The van der Waals surface area contributed by atoms with E-state index in [2.05, 4.69) is 15.6 Å². The van der Waals surface area contributed by atoms with Crippen molar-refractivity contribution < 1.29 is 9.90 Å². The number of aliphatic hydroxyl groups is 1. The van der Waals surface area contributed by atoms with Gasteiger partial charge in [-0.2, -0.15) is 0 Å². The summed E-state index contributed by atoms with van der Waals surface area (Å²) in [6.07, 6.45) is -0.384. The Hall–Kier alpha value is -1.76. The van der Waals surface area contributed by atoms with Crippen molar-refractivity contribution in [2.75, 3.05) is 19.6 Å². The molecule has 1 aliphatic heterocycles. The number of carbonyl (C=O) groups excluding carboxylic acids is 1. The minimum atomic E-state index is -0.384. The number of hydrogen-bond donors (Lipinski definition) is 3. The summed E-state index contributed by atoms with van der Waals surface area (Å²) in [5.41, 5.74) is 2.55. The number of nitrogens with zero attached hydrogens (tertiary/aromatic N) is 1. The van der Waals surface area contributed by atoms with Gasteiger partial charge in [0.2, 0.25) is 0 Å². The van der Waals surface area contributed by atoms with Gasteiger partial charge in [0.25, 0.3) is 5.91 Å². The average molecular weight is 317 g/mol. The van der Waals surface area contributed by atoms with E-state index >= 15 is 0 Å². The van der Waals surface area contributed by atoms with Gasteiger partial charge in [-0.3, -0.25) is 4.79 Å². The largest absolute Gasteiger partial charge is 0.391 e. The van der Waals surface area contributed by atoms with Crippen LogP contribution < -0.4 is 10.6 Å². The number of amides is 1. The Bertz CT molecular complexity index is 671. The second-order valence-corrected chi connectivity index (χ2v) is 6.43. The van der Waals surface area contributed by atoms with Crippen LogP contribution in [0, 0.1) is 12.8 Å². The standard InChI is InChI=1S/C16H19N3O2S/c1-10-9-22-16(19-10)12-4-2-3-11(5-12)15(21)18-7-13-6-17-8-14(13)20/h2-5,9,13-14,17,20H,6-8H2,1H3,(H,18,21). The van der Waals surface area contributed by atoms with Crippen LogP contribution in [0.25, 0.3) is 10.6 Å². The third-order valence-electron chi connectivity index (χ3n) is 3.82. The molecule has 3 rings (SSSR count). The zero-order chi connectivity index (χ0) is 15.5. The fourth-order valence-corrected chi connectivity index (χ4v) is 3.33. The summed E-state index contributed by atoms with van der Waals surface area (Å²) in [6, 6.07) is 7.48. The van der Waals surface area contributed by atoms with Gasteiger partial charge in [0.1, 0.15) is 5.01 Å². The first-order valence-corrected chi connectivity index (χ1v) is 8.21. The number of nitrogens with one attached hydrogen (secondary N) is 2. The second-order valence-electron chi connectivity index (χ2n) is 5.57. The van der Waals surface area contributed by atoms with E-state index in [1.54, 1.807) is 17.4 Å². The number of rotatable bonds is 4. The van der Waals surface area contributed by atoms with Gasteiger partial charge in [-0.15, -0.1) is 11.3 Å². The third-order valence-corrected chi connectivity index (χ3v) is 4.83. The van der Waals surface area contributed by atoms with Gasteiger partial charge in [-0.05, 0) is 19.1 Å². The highest BCUT2D eigenvalue weighted by Crippen LogP contribution is 2.24. The fourth-order valence-electron chi connectivity index (χ4n) is 2.53. The molecule has 3 N–H and O–H groups in total. The molecule has 22 heavy (non-hydrogen) atoms. The molecule has 1 fully saturated rings. The van der Waals surface area contributed by atoms with Crippen molar-refractivity contribution in [3.8, 4) is 10.6 Å². The van der Waals surface area contributed by atoms with Gasteiger partial charge < -0.3 is 15.7 Å². The highest BCUT2D eigenvalue weighted by molar-refractivity contribution is 7.13. The molecule has 1 aromatic heterocycles. The lowest BCUT2D eigenvalue weighted by molar-refractivity contribution is 0.0927. The van der Waals surface area contributed by atoms with Crippen molar-refractivity contribution >= 4 is 17.2 Å². The van der Waals surface area contributed by atoms with Gasteiger partial charge in [0, 0.05) is 47.8 Å². The topological polar surface area (TPSA) is 74.2 Å². The van der Waals surface area contributed by atoms with E-state index in [-0.39, 0.29) is 17.9 Å². The third kappa shape index (κ3) is 3.35. The SMILES string of the molecule is Cc1csc(-c2cccc(C(=O)NCC3CNCC3O)c2)n1. The molecule has 1 amide bonds. The molecule has 2 unspecified atom stereocenters. The van der Waals surface area contributed by atoms with E-state index in [0.29, 0.717) is 18.7 Å². The smallest absolute Gasteiger partial charge is 0.251 e. The van der Waals surface area contributed by atoms with Crippen LogP contribution in [0.4, 0.5) is 0 Å². The second kappa shape index (κ2) is 6.56. The molecule has 0 radical (unpaired) electrons. The van der Waals surface area contributed by atoms with Crippen molar-refractivity contribution in [3.63, 3.8) is 0 Å². The number of carbonyl (C=O) groups is 1. The summed E-state index contributed by atoms with van der Waals surface area (Å²) in [7, 11) is 0. The molecule has 2 atom stereocenters. The molecule has 6 heteroatoms. The maximum Gasteiger partial charge on any atom is 0.251 e. The Labute approximate surface area is 133 Å². The number of β-amino-alcohol motifs (C(OH)–C–C–N with tert-alkyl or cyclic N) is 1. The van der Waals surface area contributed by atoms with Crippen LogP contribution in [0.1, 0.15) is 16.1 Å². The highest BCUT2D eigenvalue weighted by Gasteiger charge is 2.25. The number of thiazole rings is 1. The zero-order valence-corrected chi connectivity index (χ0v) is 13.2. The zero-order valence-electron chi connectivity index (χ0n) is 12.4. The molecule has 0 bridgehead atoms. The van der Waals surface area contributed by atoms with Crippen LogP contribution in [0.2, 0.25) is 0 Å². The van der Waals surface area contributed by atoms with Gasteiger partial charge in [-0.25, -0.2) is 4.98 Å². The highest BCUT2D eigenvalue weighted by atomic mass is 32.1. The molecule has 1 saturated heterocycles. The molecule has 1 aliphatic rings. The fraction of sp³-hybridized carbons (Fsp3) is 0.375. The van der Waals surface area contributed by atoms with E-state index < -0.39 is 0 Å². The van der Waals surface area contributed by atoms with Gasteiger partial charge in [0.15, 0.2) is 0 Å². The number of aryl methyl sites for hydroxylation is 1. The first-order valence-electron chi connectivity index (χ1n) is 7.33. The van der Waals surface area contributed by atoms with Crippen molar-refractivity contribution in [2.45, 2.75) is 13.0 Å². The maximum atomic E-state index is 12.3. The monoisotopic (exact) mass is 317 g/mol. The molecule has 0 saturated carbocycles. The van der Waals surface area contributed by atoms with E-state index in [1.165, 1.54) is 0 Å². The molecule has 2 aromatic rings. The number of aliphatic hydroxyl groups excluding tert-OH is 1. The Kier molecular flexibility index (Phi) is 4.52. The van der Waals surface area contributed by atoms with Crippen LogP contribution >= 0.6 is 11.3 Å². The first kappa shape index (κ1) is 15.1. The van der Waals surface area contributed by atoms with Crippen LogP contribution in [0.3, 0.4) is 0 Å². The lowest BCUT2D eigenvalue weighted by Crippen LogP contribution is -2.34. The molecule has 0 spiro atoms. The summed E-state index contributed by atoms with van der Waals surface area (Å²) in [5, 5.41) is 18.7. The number of aromatic nitrogens is 1. The van der Waals surface area contributed by atoms with Crippen molar-refractivity contribution in [3.05, 3.63) is 40.9 Å². The lowest BCUT2D eigenvalue weighted by Gasteiger charge is -2.14. The first-order chi connectivity index (χ1) is 10.6. The Morgan fingerprint density at radius 3 is 3.05 bits per heavy atom. The predicted octanol–water partition coefficient (Wildman–Crippen LogP) is 1.43. The van der Waals surface area contributed by atoms with Crippen LogP contribution in [-0.4, -0.2) is 41.7 Å². The molecule has 2 heterocycles. The summed E-state index contributed by atoms with van der Waals surface area (Å²) in [5.74, 6) is -0.0389. The van der Waals surface area contributed by atoms with Gasteiger partial charge in [-0.1, -0.05) is 12.1 Å². The summed E-state index contributed by atoms with van der Waals surface area (Å²) < 4.78 is 0. The van der Waals surface area contributed by atoms with Crippen LogP contribution in [0.5, 0.6) is 0 Å². The number of hydrogen-bond acceptors (Lipinski definition) is 5. The minimum Gasteiger partial charge on any atom is -0.391 e. The Morgan fingerprint density at radius 2 is 2.36 bits per heavy atom. The van der Waals surface area contributed by atoms with Gasteiger partial charge in [0.05, 0.1) is 6.10 Å². The number of benzene rings is 1. The van der Waals surface area contributed by atoms with Gasteiger partial charge >= 0.3 is 0 Å². The van der Waals surface area contributed by atoms with Crippen LogP contribution in [-0.2, 0) is 0 Å². The lowest BCUT2D eigenvalue weighted by atomic mass is 10.1. The summed E-state index contributed by atoms with van der Waals surface area (Å²) in [6.45, 7) is 3.77. The van der Waals surface area contributed by atoms with Crippen molar-refractivity contribution in [1.82, 2.24) is 15.6 Å². The normalized spacial score (nSPS) is 21.0. The average Bonchev–Trinajstić information content (AvgIpc) is 3.13. The molecule has 116 valence electrons. The summed E-state index contributed by atoms with van der Waals surface area (Å²) in [4.78, 5) is 16.7.